The maximum atomic E-state index is 13.5. The van der Waals surface area contributed by atoms with Gasteiger partial charge in [0.25, 0.3) is 0 Å². The lowest BCUT2D eigenvalue weighted by Crippen LogP contribution is -2.45. The van der Waals surface area contributed by atoms with Gasteiger partial charge in [-0.1, -0.05) is 12.1 Å². The lowest BCUT2D eigenvalue weighted by Gasteiger charge is -2.29. The van der Waals surface area contributed by atoms with Crippen molar-refractivity contribution in [3.63, 3.8) is 0 Å². The third-order valence-corrected chi connectivity index (χ3v) is 4.40. The highest BCUT2D eigenvalue weighted by atomic mass is 32.2. The average Bonchev–Trinajstić information content (AvgIpc) is 2.42. The highest BCUT2D eigenvalue weighted by Gasteiger charge is 2.23. The van der Waals surface area contributed by atoms with Crippen molar-refractivity contribution in [3.8, 4) is 0 Å². The molecular weight excluding hydrogens is 251 g/mol. The monoisotopic (exact) mass is 270 g/mol. The van der Waals surface area contributed by atoms with Gasteiger partial charge in [0.05, 0.1) is 6.61 Å². The second-order valence-electron chi connectivity index (χ2n) is 4.49. The Morgan fingerprint density at radius 1 is 1.50 bits per heavy atom. The molecule has 0 aromatic heterocycles. The van der Waals surface area contributed by atoms with Crippen LogP contribution in [0.1, 0.15) is 12.8 Å². The van der Waals surface area contributed by atoms with Crippen LogP contribution in [0.5, 0.6) is 0 Å². The number of thioether (sulfide) groups is 1. The Morgan fingerprint density at radius 2 is 2.33 bits per heavy atom. The summed E-state index contributed by atoms with van der Waals surface area (Å²) in [6.45, 7) is 1.58. The summed E-state index contributed by atoms with van der Waals surface area (Å²) in [7, 11) is 0. The van der Waals surface area contributed by atoms with Crippen LogP contribution in [0.15, 0.2) is 29.2 Å². The standard InChI is InChI=1S/C13H19FN2OS/c14-11-5-1-2-6-13(11)18-9-12(16-15)10-4-3-7-17-8-10/h1-2,5-6,10,12,16H,3-4,7-9,15H2. The summed E-state index contributed by atoms with van der Waals surface area (Å²) in [5, 5.41) is 0. The molecule has 0 bridgehead atoms. The van der Waals surface area contributed by atoms with E-state index in [2.05, 4.69) is 5.43 Å². The van der Waals surface area contributed by atoms with Gasteiger partial charge in [-0.3, -0.25) is 11.3 Å². The lowest BCUT2D eigenvalue weighted by molar-refractivity contribution is 0.0427. The van der Waals surface area contributed by atoms with Crippen LogP contribution in [-0.2, 0) is 4.74 Å². The second kappa shape index (κ2) is 7.09. The molecule has 1 fully saturated rings. The summed E-state index contributed by atoms with van der Waals surface area (Å²) in [5.41, 5.74) is 2.84. The number of benzene rings is 1. The van der Waals surface area contributed by atoms with Crippen LogP contribution in [0.3, 0.4) is 0 Å². The van der Waals surface area contributed by atoms with Gasteiger partial charge >= 0.3 is 0 Å². The second-order valence-corrected chi connectivity index (χ2v) is 5.55. The van der Waals surface area contributed by atoms with E-state index < -0.39 is 0 Å². The number of nitrogens with two attached hydrogens (primary N) is 1. The van der Waals surface area contributed by atoms with E-state index >= 15 is 0 Å². The molecule has 0 saturated carbocycles. The zero-order valence-corrected chi connectivity index (χ0v) is 11.1. The van der Waals surface area contributed by atoms with Gasteiger partial charge < -0.3 is 4.74 Å². The zero-order valence-electron chi connectivity index (χ0n) is 10.3. The first-order chi connectivity index (χ1) is 8.81. The number of nitrogens with one attached hydrogen (secondary N) is 1. The fraction of sp³-hybridized carbons (Fsp3) is 0.538. The molecule has 1 saturated heterocycles. The first kappa shape index (κ1) is 13.8. The van der Waals surface area contributed by atoms with E-state index in [0.29, 0.717) is 10.8 Å². The van der Waals surface area contributed by atoms with Crippen LogP contribution in [0, 0.1) is 11.7 Å². The zero-order chi connectivity index (χ0) is 12.8. The highest BCUT2D eigenvalue weighted by Crippen LogP contribution is 2.25. The Hall–Kier alpha value is -0.620. The first-order valence-electron chi connectivity index (χ1n) is 6.22. The van der Waals surface area contributed by atoms with Crippen LogP contribution >= 0.6 is 11.8 Å². The van der Waals surface area contributed by atoms with Gasteiger partial charge in [-0.15, -0.1) is 11.8 Å². The van der Waals surface area contributed by atoms with Crippen molar-refractivity contribution >= 4 is 11.8 Å². The molecule has 5 heteroatoms. The topological polar surface area (TPSA) is 47.3 Å². The van der Waals surface area contributed by atoms with Crippen molar-refractivity contribution < 1.29 is 9.13 Å². The van der Waals surface area contributed by atoms with E-state index in [4.69, 9.17) is 10.6 Å². The average molecular weight is 270 g/mol. The number of ether oxygens (including phenoxy) is 1. The van der Waals surface area contributed by atoms with Crippen molar-refractivity contribution in [1.82, 2.24) is 5.43 Å². The summed E-state index contributed by atoms with van der Waals surface area (Å²) in [4.78, 5) is 0.675. The van der Waals surface area contributed by atoms with Gasteiger partial charge in [0.2, 0.25) is 0 Å². The van der Waals surface area contributed by atoms with E-state index in [1.54, 1.807) is 12.1 Å². The van der Waals surface area contributed by atoms with Crippen molar-refractivity contribution in [2.75, 3.05) is 19.0 Å². The summed E-state index contributed by atoms with van der Waals surface area (Å²) in [5.74, 6) is 6.60. The molecule has 1 aromatic rings. The molecule has 1 aliphatic heterocycles. The minimum Gasteiger partial charge on any atom is -0.381 e. The Labute approximate surface area is 111 Å². The van der Waals surface area contributed by atoms with Crippen LogP contribution in [0.4, 0.5) is 4.39 Å². The van der Waals surface area contributed by atoms with Crippen LogP contribution < -0.4 is 11.3 Å². The molecule has 2 atom stereocenters. The van der Waals surface area contributed by atoms with E-state index in [0.717, 1.165) is 31.8 Å². The quantitative estimate of drug-likeness (QED) is 0.489. The van der Waals surface area contributed by atoms with Gasteiger partial charge in [0, 0.05) is 23.3 Å². The predicted molar refractivity (Wildman–Crippen MR) is 71.8 cm³/mol. The minimum absolute atomic E-state index is 0.162. The van der Waals surface area contributed by atoms with Gasteiger partial charge in [0.1, 0.15) is 5.82 Å². The number of rotatable bonds is 5. The van der Waals surface area contributed by atoms with Crippen molar-refractivity contribution in [1.29, 1.82) is 0 Å². The van der Waals surface area contributed by atoms with E-state index in [-0.39, 0.29) is 11.9 Å². The summed E-state index contributed by atoms with van der Waals surface area (Å²) in [6.07, 6.45) is 2.19. The maximum absolute atomic E-state index is 13.5. The normalized spacial score (nSPS) is 21.8. The number of hydrazine groups is 1. The Morgan fingerprint density at radius 3 is 3.00 bits per heavy atom. The predicted octanol–water partition coefficient (Wildman–Crippen LogP) is 2.18. The Kier molecular flexibility index (Phi) is 5.44. The molecule has 2 rings (SSSR count). The lowest BCUT2D eigenvalue weighted by atomic mass is 9.95. The minimum atomic E-state index is -0.168. The summed E-state index contributed by atoms with van der Waals surface area (Å²) < 4.78 is 19.0. The maximum Gasteiger partial charge on any atom is 0.136 e. The summed E-state index contributed by atoms with van der Waals surface area (Å²) >= 11 is 1.50. The SMILES string of the molecule is NNC(CSc1ccccc1F)C1CCCOC1. The van der Waals surface area contributed by atoms with E-state index in [9.17, 15) is 4.39 Å². The third kappa shape index (κ3) is 3.68. The first-order valence-corrected chi connectivity index (χ1v) is 7.21. The molecule has 3 nitrogen and oxygen atoms in total. The number of halogens is 1. The van der Waals surface area contributed by atoms with Gasteiger partial charge in [0.15, 0.2) is 0 Å². The van der Waals surface area contributed by atoms with Crippen molar-refractivity contribution in [3.05, 3.63) is 30.1 Å². The van der Waals surface area contributed by atoms with Gasteiger partial charge in [-0.25, -0.2) is 4.39 Å². The van der Waals surface area contributed by atoms with Crippen molar-refractivity contribution in [2.45, 2.75) is 23.8 Å². The molecule has 0 amide bonds. The molecule has 1 aliphatic rings. The van der Waals surface area contributed by atoms with E-state index in [1.807, 2.05) is 6.07 Å². The molecule has 0 aliphatic carbocycles. The van der Waals surface area contributed by atoms with Crippen LogP contribution in [0.25, 0.3) is 0 Å². The fourth-order valence-electron chi connectivity index (χ4n) is 2.14. The fourth-order valence-corrected chi connectivity index (χ4v) is 3.25. The molecule has 0 radical (unpaired) electrons. The third-order valence-electron chi connectivity index (χ3n) is 3.23. The van der Waals surface area contributed by atoms with Crippen molar-refractivity contribution in [2.24, 2.45) is 11.8 Å². The Balaban J connectivity index is 1.88. The molecule has 1 aromatic carbocycles. The molecule has 100 valence electrons. The van der Waals surface area contributed by atoms with Gasteiger partial charge in [-0.2, -0.15) is 0 Å². The summed E-state index contributed by atoms with van der Waals surface area (Å²) in [6, 6.07) is 6.99. The molecular formula is C13H19FN2OS. The van der Waals surface area contributed by atoms with Crippen LogP contribution in [-0.4, -0.2) is 25.0 Å². The number of hydrogen-bond acceptors (Lipinski definition) is 4. The smallest absolute Gasteiger partial charge is 0.136 e. The van der Waals surface area contributed by atoms with Crippen LogP contribution in [0.2, 0.25) is 0 Å². The largest absolute Gasteiger partial charge is 0.381 e. The molecule has 18 heavy (non-hydrogen) atoms. The van der Waals surface area contributed by atoms with E-state index in [1.165, 1.54) is 17.8 Å². The molecule has 0 spiro atoms. The molecule has 2 unspecified atom stereocenters. The Bertz CT molecular complexity index is 372. The number of hydrogen-bond donors (Lipinski definition) is 2. The highest BCUT2D eigenvalue weighted by molar-refractivity contribution is 7.99. The van der Waals surface area contributed by atoms with Gasteiger partial charge in [-0.05, 0) is 30.9 Å². The molecule has 1 heterocycles. The molecule has 3 N–H and O–H groups in total.